The number of nitrogens with zero attached hydrogens (tertiary/aromatic N) is 1. The van der Waals surface area contributed by atoms with Crippen LogP contribution < -0.4 is 14.9 Å². The number of rotatable bonds is 7. The molecule has 2 rings (SSSR count). The van der Waals surface area contributed by atoms with E-state index in [1.54, 1.807) is 31.4 Å². The number of carbonyl (C=O) groups is 1. The van der Waals surface area contributed by atoms with E-state index in [2.05, 4.69) is 26.5 Å². The monoisotopic (exact) mass is 380 g/mol. The molecular formula is C16H17BrN2O4. The first-order valence-corrected chi connectivity index (χ1v) is 7.83. The van der Waals surface area contributed by atoms with Crippen molar-refractivity contribution < 1.29 is 18.7 Å². The van der Waals surface area contributed by atoms with E-state index in [1.165, 1.54) is 6.21 Å². The summed E-state index contributed by atoms with van der Waals surface area (Å²) in [6, 6.07) is 8.61. The predicted octanol–water partition coefficient (Wildman–Crippen LogP) is 3.60. The first kappa shape index (κ1) is 17.1. The van der Waals surface area contributed by atoms with E-state index < -0.39 is 5.91 Å². The fourth-order valence-corrected chi connectivity index (χ4v) is 2.06. The van der Waals surface area contributed by atoms with Gasteiger partial charge in [-0.3, -0.25) is 4.79 Å². The molecule has 0 unspecified atom stereocenters. The number of halogens is 1. The number of amides is 1. The van der Waals surface area contributed by atoms with Gasteiger partial charge < -0.3 is 13.9 Å². The summed E-state index contributed by atoms with van der Waals surface area (Å²) in [6.45, 7) is 2.66. The number of carbonyl (C=O) groups excluding carboxylic acids is 1. The zero-order valence-electron chi connectivity index (χ0n) is 12.8. The van der Waals surface area contributed by atoms with E-state index in [-0.39, 0.29) is 5.76 Å². The van der Waals surface area contributed by atoms with Crippen molar-refractivity contribution in [3.05, 3.63) is 46.3 Å². The molecule has 0 aliphatic heterocycles. The van der Waals surface area contributed by atoms with Crippen LogP contribution in [0.15, 0.2) is 44.5 Å². The number of hydrazone groups is 1. The van der Waals surface area contributed by atoms with Crippen molar-refractivity contribution in [3.8, 4) is 11.5 Å². The molecule has 1 amide bonds. The van der Waals surface area contributed by atoms with Crippen LogP contribution >= 0.6 is 15.9 Å². The molecule has 0 saturated carbocycles. The largest absolute Gasteiger partial charge is 0.493 e. The Balaban J connectivity index is 2.00. The number of hydrogen-bond donors (Lipinski definition) is 1. The summed E-state index contributed by atoms with van der Waals surface area (Å²) >= 11 is 3.13. The van der Waals surface area contributed by atoms with E-state index in [4.69, 9.17) is 13.9 Å². The van der Waals surface area contributed by atoms with E-state index in [9.17, 15) is 4.79 Å². The van der Waals surface area contributed by atoms with Gasteiger partial charge in [0.15, 0.2) is 21.9 Å². The van der Waals surface area contributed by atoms with Crippen molar-refractivity contribution in [1.29, 1.82) is 0 Å². The molecular weight excluding hydrogens is 364 g/mol. The topological polar surface area (TPSA) is 73.1 Å². The van der Waals surface area contributed by atoms with Gasteiger partial charge in [-0.1, -0.05) is 6.92 Å². The number of furan rings is 1. The van der Waals surface area contributed by atoms with E-state index in [1.807, 2.05) is 13.0 Å². The quantitative estimate of drug-likeness (QED) is 0.588. The van der Waals surface area contributed by atoms with Crippen LogP contribution in [0.5, 0.6) is 11.5 Å². The van der Waals surface area contributed by atoms with Gasteiger partial charge in [0.05, 0.1) is 19.9 Å². The lowest BCUT2D eigenvalue weighted by molar-refractivity contribution is 0.0926. The minimum Gasteiger partial charge on any atom is -0.493 e. The summed E-state index contributed by atoms with van der Waals surface area (Å²) in [4.78, 5) is 11.8. The van der Waals surface area contributed by atoms with Gasteiger partial charge in [0.25, 0.3) is 0 Å². The highest BCUT2D eigenvalue weighted by molar-refractivity contribution is 9.10. The zero-order chi connectivity index (χ0) is 16.7. The lowest BCUT2D eigenvalue weighted by Crippen LogP contribution is -2.16. The molecule has 0 bridgehead atoms. The van der Waals surface area contributed by atoms with Gasteiger partial charge in [0, 0.05) is 0 Å². The second-order valence-electron chi connectivity index (χ2n) is 4.56. The van der Waals surface area contributed by atoms with Crippen LogP contribution in [0.2, 0.25) is 0 Å². The van der Waals surface area contributed by atoms with Crippen LogP contribution in [0, 0.1) is 0 Å². The number of methoxy groups -OCH3 is 1. The Morgan fingerprint density at radius 1 is 1.35 bits per heavy atom. The van der Waals surface area contributed by atoms with Gasteiger partial charge in [0.2, 0.25) is 0 Å². The molecule has 7 heteroatoms. The van der Waals surface area contributed by atoms with Crippen LogP contribution in [0.4, 0.5) is 0 Å². The normalized spacial score (nSPS) is 10.7. The average Bonchev–Trinajstić information content (AvgIpc) is 3.00. The smallest absolute Gasteiger partial charge is 0.307 e. The Morgan fingerprint density at radius 3 is 2.83 bits per heavy atom. The van der Waals surface area contributed by atoms with Gasteiger partial charge >= 0.3 is 5.91 Å². The summed E-state index contributed by atoms with van der Waals surface area (Å²) in [5, 5.41) is 3.90. The Kier molecular flexibility index (Phi) is 6.22. The van der Waals surface area contributed by atoms with Gasteiger partial charge in [-0.05, 0) is 58.2 Å². The van der Waals surface area contributed by atoms with Crippen molar-refractivity contribution in [1.82, 2.24) is 5.43 Å². The number of benzene rings is 1. The highest BCUT2D eigenvalue weighted by Crippen LogP contribution is 2.27. The van der Waals surface area contributed by atoms with E-state index in [0.717, 1.165) is 12.0 Å². The third kappa shape index (κ3) is 4.85. The standard InChI is InChI=1S/C16H17BrN2O4/c1-3-8-22-12-5-4-11(9-14(12)21-2)10-18-19-16(20)13-6-7-15(17)23-13/h4-7,9-10H,3,8H2,1-2H3,(H,19,20). The second kappa shape index (κ2) is 8.38. The molecule has 2 aromatic rings. The van der Waals surface area contributed by atoms with Crippen molar-refractivity contribution in [2.75, 3.05) is 13.7 Å². The molecule has 0 aliphatic carbocycles. The lowest BCUT2D eigenvalue weighted by atomic mass is 10.2. The van der Waals surface area contributed by atoms with E-state index >= 15 is 0 Å². The molecule has 0 aliphatic rings. The minimum atomic E-state index is -0.429. The maximum Gasteiger partial charge on any atom is 0.307 e. The van der Waals surface area contributed by atoms with Crippen molar-refractivity contribution in [3.63, 3.8) is 0 Å². The van der Waals surface area contributed by atoms with E-state index in [0.29, 0.717) is 22.8 Å². The first-order valence-electron chi connectivity index (χ1n) is 7.03. The molecule has 1 heterocycles. The van der Waals surface area contributed by atoms with Crippen LogP contribution in [0.1, 0.15) is 29.5 Å². The number of nitrogens with one attached hydrogen (secondary N) is 1. The van der Waals surface area contributed by atoms with Crippen LogP contribution in [-0.4, -0.2) is 25.8 Å². The van der Waals surface area contributed by atoms with Crippen LogP contribution in [0.3, 0.4) is 0 Å². The number of hydrogen-bond acceptors (Lipinski definition) is 5. The van der Waals surface area contributed by atoms with Gasteiger partial charge in [-0.25, -0.2) is 5.43 Å². The molecule has 122 valence electrons. The minimum absolute atomic E-state index is 0.176. The van der Waals surface area contributed by atoms with Crippen molar-refractivity contribution in [2.45, 2.75) is 13.3 Å². The Hall–Kier alpha value is -2.28. The third-order valence-corrected chi connectivity index (χ3v) is 3.25. The van der Waals surface area contributed by atoms with Gasteiger partial charge in [-0.2, -0.15) is 5.10 Å². The zero-order valence-corrected chi connectivity index (χ0v) is 14.4. The van der Waals surface area contributed by atoms with Gasteiger partial charge in [-0.15, -0.1) is 0 Å². The Bertz CT molecular complexity index is 697. The highest BCUT2D eigenvalue weighted by Gasteiger charge is 2.09. The van der Waals surface area contributed by atoms with Gasteiger partial charge in [0.1, 0.15) is 0 Å². The van der Waals surface area contributed by atoms with Crippen LogP contribution in [-0.2, 0) is 0 Å². The molecule has 0 fully saturated rings. The molecule has 23 heavy (non-hydrogen) atoms. The maximum absolute atomic E-state index is 11.8. The molecule has 0 atom stereocenters. The third-order valence-electron chi connectivity index (χ3n) is 2.83. The Morgan fingerprint density at radius 2 is 2.17 bits per heavy atom. The molecule has 0 radical (unpaired) electrons. The highest BCUT2D eigenvalue weighted by atomic mass is 79.9. The molecule has 6 nitrogen and oxygen atoms in total. The molecule has 0 saturated heterocycles. The first-order chi connectivity index (χ1) is 11.1. The fourth-order valence-electron chi connectivity index (χ4n) is 1.75. The molecule has 1 aromatic carbocycles. The van der Waals surface area contributed by atoms with Crippen molar-refractivity contribution in [2.24, 2.45) is 5.10 Å². The van der Waals surface area contributed by atoms with Crippen molar-refractivity contribution >= 4 is 28.1 Å². The maximum atomic E-state index is 11.8. The summed E-state index contributed by atoms with van der Waals surface area (Å²) in [5.74, 6) is 1.04. The lowest BCUT2D eigenvalue weighted by Gasteiger charge is -2.10. The second-order valence-corrected chi connectivity index (χ2v) is 5.34. The molecule has 1 aromatic heterocycles. The summed E-state index contributed by atoms with van der Waals surface area (Å²) < 4.78 is 16.5. The SMILES string of the molecule is CCCOc1ccc(C=NNC(=O)c2ccc(Br)o2)cc1OC. The Labute approximate surface area is 142 Å². The van der Waals surface area contributed by atoms with Crippen LogP contribution in [0.25, 0.3) is 0 Å². The number of ether oxygens (including phenoxy) is 2. The fraction of sp³-hybridized carbons (Fsp3) is 0.250. The summed E-state index contributed by atoms with van der Waals surface area (Å²) in [6.07, 6.45) is 2.43. The molecule has 1 N–H and O–H groups in total. The average molecular weight is 381 g/mol. The summed E-state index contributed by atoms with van der Waals surface area (Å²) in [5.41, 5.74) is 3.16. The predicted molar refractivity (Wildman–Crippen MR) is 90.2 cm³/mol. The summed E-state index contributed by atoms with van der Waals surface area (Å²) in [7, 11) is 1.58. The molecule has 0 spiro atoms.